The highest BCUT2D eigenvalue weighted by Gasteiger charge is 2.36. The molecule has 7 nitrogen and oxygen atoms in total. The first kappa shape index (κ1) is 11.2. The molecule has 2 heterocycles. The van der Waals surface area contributed by atoms with Crippen LogP contribution in [0.15, 0.2) is 22.8 Å². The lowest BCUT2D eigenvalue weighted by molar-refractivity contribution is -0.144. The zero-order valence-electron chi connectivity index (χ0n) is 8.75. The van der Waals surface area contributed by atoms with Gasteiger partial charge >= 0.3 is 5.97 Å². The van der Waals surface area contributed by atoms with Crippen molar-refractivity contribution < 1.29 is 23.9 Å². The zero-order valence-corrected chi connectivity index (χ0v) is 8.75. The molecule has 2 N–H and O–H groups in total. The first-order chi connectivity index (χ1) is 8.09. The first-order valence-electron chi connectivity index (χ1n) is 4.93. The molecule has 2 amide bonds. The number of nitrogens with zero attached hydrogens (tertiary/aromatic N) is 1. The lowest BCUT2D eigenvalue weighted by Crippen LogP contribution is -2.59. The molecular weight excluding hydrogens is 228 g/mol. The van der Waals surface area contributed by atoms with Gasteiger partial charge in [-0.25, -0.2) is 4.79 Å². The largest absolute Gasteiger partial charge is 0.480 e. The van der Waals surface area contributed by atoms with Gasteiger partial charge in [0.15, 0.2) is 5.76 Å². The van der Waals surface area contributed by atoms with Crippen molar-refractivity contribution in [2.24, 2.45) is 0 Å². The highest BCUT2D eigenvalue weighted by atomic mass is 16.4. The van der Waals surface area contributed by atoms with Gasteiger partial charge in [-0.2, -0.15) is 0 Å². The fourth-order valence-corrected chi connectivity index (χ4v) is 1.62. The van der Waals surface area contributed by atoms with E-state index in [9.17, 15) is 14.4 Å². The molecular formula is C10H10N2O5. The summed E-state index contributed by atoms with van der Waals surface area (Å²) >= 11 is 0. The van der Waals surface area contributed by atoms with Crippen LogP contribution in [0.2, 0.25) is 0 Å². The Bertz CT molecular complexity index is 453. The SMILES string of the molecule is O=C1CN(C(=O)c2ccco2)C(C(=O)O)CN1. The quantitative estimate of drug-likeness (QED) is 0.710. The second-order valence-electron chi connectivity index (χ2n) is 3.57. The van der Waals surface area contributed by atoms with E-state index in [2.05, 4.69) is 5.32 Å². The second-order valence-corrected chi connectivity index (χ2v) is 3.57. The third-order valence-corrected chi connectivity index (χ3v) is 2.46. The van der Waals surface area contributed by atoms with E-state index in [0.717, 1.165) is 4.90 Å². The molecule has 1 fully saturated rings. The Morgan fingerprint density at radius 1 is 1.53 bits per heavy atom. The number of aliphatic carboxylic acids is 1. The van der Waals surface area contributed by atoms with E-state index in [1.165, 1.54) is 18.4 Å². The van der Waals surface area contributed by atoms with Crippen LogP contribution in [0, 0.1) is 0 Å². The standard InChI is InChI=1S/C10H10N2O5/c13-8-5-12(6(4-11-8)10(15)16)9(14)7-2-1-3-17-7/h1-3,6H,4-5H2,(H,11,13)(H,15,16). The van der Waals surface area contributed by atoms with Crippen LogP contribution in [-0.2, 0) is 9.59 Å². The van der Waals surface area contributed by atoms with Crippen LogP contribution in [0.5, 0.6) is 0 Å². The predicted octanol–water partition coefficient (Wildman–Crippen LogP) is -0.695. The first-order valence-corrected chi connectivity index (χ1v) is 4.93. The lowest BCUT2D eigenvalue weighted by atomic mass is 10.1. The minimum atomic E-state index is -1.16. The molecule has 1 aliphatic rings. The molecule has 90 valence electrons. The molecule has 1 aromatic heterocycles. The van der Waals surface area contributed by atoms with Gasteiger partial charge < -0.3 is 19.7 Å². The monoisotopic (exact) mass is 238 g/mol. The highest BCUT2D eigenvalue weighted by Crippen LogP contribution is 2.11. The van der Waals surface area contributed by atoms with Gasteiger partial charge in [0.25, 0.3) is 5.91 Å². The Balaban J connectivity index is 2.23. The van der Waals surface area contributed by atoms with Crippen LogP contribution >= 0.6 is 0 Å². The van der Waals surface area contributed by atoms with Crippen LogP contribution in [0.25, 0.3) is 0 Å². The van der Waals surface area contributed by atoms with Crippen molar-refractivity contribution in [1.82, 2.24) is 10.2 Å². The number of rotatable bonds is 2. The van der Waals surface area contributed by atoms with E-state index in [-0.39, 0.29) is 24.8 Å². The number of hydrogen-bond donors (Lipinski definition) is 2. The minimum Gasteiger partial charge on any atom is -0.480 e. The molecule has 1 unspecified atom stereocenters. The zero-order chi connectivity index (χ0) is 12.4. The third kappa shape index (κ3) is 2.12. The fraction of sp³-hybridized carbons (Fsp3) is 0.300. The molecule has 1 aromatic rings. The Hall–Kier alpha value is -2.31. The number of hydrogen-bond acceptors (Lipinski definition) is 4. The summed E-state index contributed by atoms with van der Waals surface area (Å²) in [6, 6.07) is 1.88. The smallest absolute Gasteiger partial charge is 0.328 e. The number of piperazine rings is 1. The number of carbonyl (C=O) groups is 3. The number of carboxylic acids is 1. The van der Waals surface area contributed by atoms with Gasteiger partial charge in [0, 0.05) is 6.54 Å². The predicted molar refractivity (Wildman–Crippen MR) is 54.2 cm³/mol. The Labute approximate surface area is 96.0 Å². The van der Waals surface area contributed by atoms with E-state index in [4.69, 9.17) is 9.52 Å². The van der Waals surface area contributed by atoms with Crippen LogP contribution in [-0.4, -0.2) is 46.9 Å². The molecule has 1 atom stereocenters. The molecule has 17 heavy (non-hydrogen) atoms. The summed E-state index contributed by atoms with van der Waals surface area (Å²) in [5, 5.41) is 11.4. The van der Waals surface area contributed by atoms with E-state index in [1.807, 2.05) is 0 Å². The van der Waals surface area contributed by atoms with Crippen molar-refractivity contribution in [2.45, 2.75) is 6.04 Å². The van der Waals surface area contributed by atoms with Crippen LogP contribution < -0.4 is 5.32 Å². The van der Waals surface area contributed by atoms with E-state index in [0.29, 0.717) is 0 Å². The fourth-order valence-electron chi connectivity index (χ4n) is 1.62. The number of nitrogens with one attached hydrogen (secondary N) is 1. The van der Waals surface area contributed by atoms with Crippen molar-refractivity contribution in [3.05, 3.63) is 24.2 Å². The summed E-state index contributed by atoms with van der Waals surface area (Å²) in [5.74, 6) is -2.13. The third-order valence-electron chi connectivity index (χ3n) is 2.46. The number of carbonyl (C=O) groups excluding carboxylic acids is 2. The molecule has 0 radical (unpaired) electrons. The molecule has 0 bridgehead atoms. The van der Waals surface area contributed by atoms with Gasteiger partial charge in [-0.15, -0.1) is 0 Å². The number of carboxylic acid groups (broad SMARTS) is 1. The highest BCUT2D eigenvalue weighted by molar-refractivity contribution is 5.98. The van der Waals surface area contributed by atoms with Gasteiger partial charge in [-0.1, -0.05) is 0 Å². The molecule has 2 rings (SSSR count). The molecule has 1 aliphatic heterocycles. The summed E-state index contributed by atoms with van der Waals surface area (Å²) in [4.78, 5) is 35.1. The maximum Gasteiger partial charge on any atom is 0.328 e. The van der Waals surface area contributed by atoms with Crippen LogP contribution in [0.1, 0.15) is 10.6 Å². The normalized spacial score (nSPS) is 19.9. The number of amides is 2. The summed E-state index contributed by atoms with van der Waals surface area (Å²) in [6.45, 7) is -0.378. The molecule has 0 aromatic carbocycles. The van der Waals surface area contributed by atoms with Crippen LogP contribution in [0.4, 0.5) is 0 Å². The van der Waals surface area contributed by atoms with Gasteiger partial charge in [-0.3, -0.25) is 9.59 Å². The second kappa shape index (κ2) is 4.28. The molecule has 0 spiro atoms. The van der Waals surface area contributed by atoms with E-state index >= 15 is 0 Å². The van der Waals surface area contributed by atoms with Gasteiger partial charge in [0.2, 0.25) is 5.91 Å². The van der Waals surface area contributed by atoms with E-state index in [1.54, 1.807) is 0 Å². The lowest BCUT2D eigenvalue weighted by Gasteiger charge is -2.31. The summed E-state index contributed by atoms with van der Waals surface area (Å²) in [7, 11) is 0. The summed E-state index contributed by atoms with van der Waals surface area (Å²) < 4.78 is 4.90. The average molecular weight is 238 g/mol. The van der Waals surface area contributed by atoms with Gasteiger partial charge in [-0.05, 0) is 12.1 Å². The number of furan rings is 1. The maximum absolute atomic E-state index is 11.9. The minimum absolute atomic E-state index is 0.0194. The van der Waals surface area contributed by atoms with Crippen molar-refractivity contribution in [1.29, 1.82) is 0 Å². The van der Waals surface area contributed by atoms with Crippen molar-refractivity contribution in [3.8, 4) is 0 Å². The molecule has 0 aliphatic carbocycles. The van der Waals surface area contributed by atoms with Gasteiger partial charge in [0.1, 0.15) is 12.6 Å². The Morgan fingerprint density at radius 3 is 2.88 bits per heavy atom. The Kier molecular flexibility index (Phi) is 2.82. The van der Waals surface area contributed by atoms with Crippen molar-refractivity contribution >= 4 is 17.8 Å². The Morgan fingerprint density at radius 2 is 2.29 bits per heavy atom. The van der Waals surface area contributed by atoms with E-state index < -0.39 is 17.9 Å². The van der Waals surface area contributed by atoms with Crippen molar-refractivity contribution in [3.63, 3.8) is 0 Å². The maximum atomic E-state index is 11.9. The molecule has 1 saturated heterocycles. The summed E-state index contributed by atoms with van der Waals surface area (Å²) in [6.07, 6.45) is 1.31. The molecule has 7 heteroatoms. The van der Waals surface area contributed by atoms with Crippen LogP contribution in [0.3, 0.4) is 0 Å². The van der Waals surface area contributed by atoms with Crippen molar-refractivity contribution in [2.75, 3.05) is 13.1 Å². The topological polar surface area (TPSA) is 99.9 Å². The summed E-state index contributed by atoms with van der Waals surface area (Å²) in [5.41, 5.74) is 0. The van der Waals surface area contributed by atoms with Gasteiger partial charge in [0.05, 0.1) is 6.26 Å². The molecule has 0 saturated carbocycles. The average Bonchev–Trinajstić information content (AvgIpc) is 2.80.